The van der Waals surface area contributed by atoms with E-state index in [9.17, 15) is 4.79 Å². The molecular formula is C25H25NO. The van der Waals surface area contributed by atoms with Gasteiger partial charge in [-0.3, -0.25) is 4.79 Å². The Bertz CT molecular complexity index is 915. The predicted octanol–water partition coefficient (Wildman–Crippen LogP) is 5.63. The highest BCUT2D eigenvalue weighted by atomic mass is 16.1. The molecule has 3 aromatic carbocycles. The average Bonchev–Trinajstić information content (AvgIpc) is 2.74. The highest BCUT2D eigenvalue weighted by Gasteiger charge is 2.29. The molecule has 0 bridgehead atoms. The molecule has 1 aliphatic heterocycles. The Morgan fingerprint density at radius 1 is 0.926 bits per heavy atom. The lowest BCUT2D eigenvalue weighted by Gasteiger charge is -2.39. The lowest BCUT2D eigenvalue weighted by Crippen LogP contribution is -2.36. The number of hydrogen-bond donors (Lipinski definition) is 0. The first-order valence-electron chi connectivity index (χ1n) is 9.78. The summed E-state index contributed by atoms with van der Waals surface area (Å²) < 4.78 is 0. The van der Waals surface area contributed by atoms with Gasteiger partial charge in [-0.2, -0.15) is 0 Å². The van der Waals surface area contributed by atoms with Crippen LogP contribution in [0.3, 0.4) is 0 Å². The van der Waals surface area contributed by atoms with Crippen LogP contribution in [-0.2, 0) is 12.8 Å². The smallest absolute Gasteiger partial charge is 0.165 e. The highest BCUT2D eigenvalue weighted by molar-refractivity contribution is 5.96. The Morgan fingerprint density at radius 3 is 2.37 bits per heavy atom. The van der Waals surface area contributed by atoms with E-state index in [0.717, 1.165) is 24.9 Å². The topological polar surface area (TPSA) is 20.3 Å². The summed E-state index contributed by atoms with van der Waals surface area (Å²) in [5, 5.41) is 0. The third-order valence-electron chi connectivity index (χ3n) is 5.56. The maximum Gasteiger partial charge on any atom is 0.165 e. The van der Waals surface area contributed by atoms with Crippen LogP contribution in [0.15, 0.2) is 78.9 Å². The van der Waals surface area contributed by atoms with E-state index in [2.05, 4.69) is 60.4 Å². The number of ketones is 1. The molecule has 1 unspecified atom stereocenters. The number of anilines is 1. The number of nitrogens with zero attached hydrogens (tertiary/aromatic N) is 1. The van der Waals surface area contributed by atoms with Crippen molar-refractivity contribution >= 4 is 11.5 Å². The lowest BCUT2D eigenvalue weighted by atomic mass is 9.88. The highest BCUT2D eigenvalue weighted by Crippen LogP contribution is 2.36. The van der Waals surface area contributed by atoms with Crippen molar-refractivity contribution in [1.82, 2.24) is 0 Å². The van der Waals surface area contributed by atoms with Gasteiger partial charge in [0.1, 0.15) is 0 Å². The summed E-state index contributed by atoms with van der Waals surface area (Å²) in [6.45, 7) is 3.11. The molecule has 136 valence electrons. The maximum absolute atomic E-state index is 13.0. The van der Waals surface area contributed by atoms with Gasteiger partial charge in [-0.05, 0) is 41.7 Å². The van der Waals surface area contributed by atoms with Gasteiger partial charge < -0.3 is 4.90 Å². The molecule has 0 fully saturated rings. The third-order valence-corrected chi connectivity index (χ3v) is 5.56. The van der Waals surface area contributed by atoms with Crippen molar-refractivity contribution in [2.75, 3.05) is 11.4 Å². The zero-order valence-corrected chi connectivity index (χ0v) is 15.8. The zero-order chi connectivity index (χ0) is 18.6. The van der Waals surface area contributed by atoms with E-state index < -0.39 is 0 Å². The number of Topliss-reactive ketones (excluding diaryl/α,β-unsaturated/α-hetero) is 1. The van der Waals surface area contributed by atoms with Crippen LogP contribution in [0.5, 0.6) is 0 Å². The van der Waals surface area contributed by atoms with Crippen LogP contribution in [-0.4, -0.2) is 12.3 Å². The van der Waals surface area contributed by atoms with Gasteiger partial charge >= 0.3 is 0 Å². The standard InChI is InChI=1S/C25H25NO/c1-2-19-12-14-22(15-13-19)26-17-16-20-8-6-7-11-23(20)24(26)18-25(27)21-9-4-3-5-10-21/h3-15,24H,2,16-18H2,1H3. The third kappa shape index (κ3) is 3.66. The van der Waals surface area contributed by atoms with Crippen molar-refractivity contribution < 1.29 is 4.79 Å². The molecule has 2 heteroatoms. The van der Waals surface area contributed by atoms with Crippen molar-refractivity contribution in [3.8, 4) is 0 Å². The Morgan fingerprint density at radius 2 is 1.63 bits per heavy atom. The summed E-state index contributed by atoms with van der Waals surface area (Å²) in [4.78, 5) is 15.4. The molecule has 0 N–H and O–H groups in total. The van der Waals surface area contributed by atoms with Crippen molar-refractivity contribution in [1.29, 1.82) is 0 Å². The Balaban J connectivity index is 1.68. The molecule has 0 spiro atoms. The van der Waals surface area contributed by atoms with E-state index in [-0.39, 0.29) is 11.8 Å². The van der Waals surface area contributed by atoms with E-state index in [1.165, 1.54) is 22.4 Å². The molecule has 2 nitrogen and oxygen atoms in total. The normalized spacial score (nSPS) is 16.0. The van der Waals surface area contributed by atoms with Gasteiger partial charge in [0.15, 0.2) is 5.78 Å². The van der Waals surface area contributed by atoms with Crippen LogP contribution in [0.2, 0.25) is 0 Å². The van der Waals surface area contributed by atoms with Crippen molar-refractivity contribution in [2.24, 2.45) is 0 Å². The number of fused-ring (bicyclic) bond motifs is 1. The number of hydrogen-bond acceptors (Lipinski definition) is 2. The van der Waals surface area contributed by atoms with E-state index in [1.807, 2.05) is 30.3 Å². The van der Waals surface area contributed by atoms with Gasteiger partial charge in [0.25, 0.3) is 0 Å². The Hall–Kier alpha value is -2.87. The van der Waals surface area contributed by atoms with E-state index >= 15 is 0 Å². The fourth-order valence-corrected chi connectivity index (χ4v) is 4.02. The van der Waals surface area contributed by atoms with Crippen LogP contribution in [0.25, 0.3) is 0 Å². The SMILES string of the molecule is CCc1ccc(N2CCc3ccccc3C2CC(=O)c2ccccc2)cc1. The van der Waals surface area contributed by atoms with Crippen LogP contribution < -0.4 is 4.90 Å². The van der Waals surface area contributed by atoms with Gasteiger partial charge in [-0.15, -0.1) is 0 Å². The summed E-state index contributed by atoms with van der Waals surface area (Å²) in [5.41, 5.74) is 5.99. The summed E-state index contributed by atoms with van der Waals surface area (Å²) in [6.07, 6.45) is 2.55. The predicted molar refractivity (Wildman–Crippen MR) is 111 cm³/mol. The van der Waals surface area contributed by atoms with E-state index in [0.29, 0.717) is 6.42 Å². The van der Waals surface area contributed by atoms with Gasteiger partial charge in [0, 0.05) is 24.2 Å². The number of rotatable bonds is 5. The van der Waals surface area contributed by atoms with Gasteiger partial charge in [-0.25, -0.2) is 0 Å². The van der Waals surface area contributed by atoms with Crippen LogP contribution in [0.4, 0.5) is 5.69 Å². The minimum atomic E-state index is 0.0788. The van der Waals surface area contributed by atoms with Crippen molar-refractivity contribution in [3.63, 3.8) is 0 Å². The molecule has 0 saturated carbocycles. The Labute approximate surface area is 161 Å². The summed E-state index contributed by atoms with van der Waals surface area (Å²) in [5.74, 6) is 0.201. The monoisotopic (exact) mass is 355 g/mol. The first-order chi connectivity index (χ1) is 13.3. The van der Waals surface area contributed by atoms with Crippen LogP contribution >= 0.6 is 0 Å². The molecule has 0 aromatic heterocycles. The van der Waals surface area contributed by atoms with Gasteiger partial charge in [0.05, 0.1) is 6.04 Å². The second kappa shape index (κ2) is 7.79. The molecule has 1 aliphatic rings. The minimum absolute atomic E-state index is 0.0788. The molecule has 3 aromatic rings. The zero-order valence-electron chi connectivity index (χ0n) is 15.8. The van der Waals surface area contributed by atoms with Crippen LogP contribution in [0.1, 0.15) is 46.4 Å². The van der Waals surface area contributed by atoms with Gasteiger partial charge in [0.2, 0.25) is 0 Å². The molecule has 27 heavy (non-hydrogen) atoms. The molecule has 1 atom stereocenters. The second-order valence-electron chi connectivity index (χ2n) is 7.17. The van der Waals surface area contributed by atoms with Gasteiger partial charge in [-0.1, -0.05) is 73.7 Å². The molecule has 4 rings (SSSR count). The van der Waals surface area contributed by atoms with E-state index in [1.54, 1.807) is 0 Å². The second-order valence-corrected chi connectivity index (χ2v) is 7.17. The first-order valence-corrected chi connectivity index (χ1v) is 9.78. The maximum atomic E-state index is 13.0. The number of carbonyl (C=O) groups is 1. The molecular weight excluding hydrogens is 330 g/mol. The number of carbonyl (C=O) groups excluding carboxylic acids is 1. The molecule has 0 amide bonds. The molecule has 0 aliphatic carbocycles. The molecule has 0 radical (unpaired) electrons. The van der Waals surface area contributed by atoms with Crippen molar-refractivity contribution in [2.45, 2.75) is 32.2 Å². The fraction of sp³-hybridized carbons (Fsp3) is 0.240. The molecule has 1 heterocycles. The van der Waals surface area contributed by atoms with E-state index in [4.69, 9.17) is 0 Å². The molecule has 0 saturated heterocycles. The summed E-state index contributed by atoms with van der Waals surface area (Å²) in [7, 11) is 0. The number of benzene rings is 3. The average molecular weight is 355 g/mol. The lowest BCUT2D eigenvalue weighted by molar-refractivity contribution is 0.0972. The minimum Gasteiger partial charge on any atom is -0.364 e. The Kier molecular flexibility index (Phi) is 5.06. The quantitative estimate of drug-likeness (QED) is 0.553. The fourth-order valence-electron chi connectivity index (χ4n) is 4.02. The summed E-state index contributed by atoms with van der Waals surface area (Å²) >= 11 is 0. The van der Waals surface area contributed by atoms with Crippen LogP contribution in [0, 0.1) is 0 Å². The largest absolute Gasteiger partial charge is 0.364 e. The van der Waals surface area contributed by atoms with Crippen molar-refractivity contribution in [3.05, 3.63) is 101 Å². The first kappa shape index (κ1) is 17.5. The number of aryl methyl sites for hydroxylation is 1. The summed E-state index contributed by atoms with van der Waals surface area (Å²) in [6, 6.07) is 27.1.